The highest BCUT2D eigenvalue weighted by molar-refractivity contribution is 9.10. The lowest BCUT2D eigenvalue weighted by Crippen LogP contribution is -2.38. The lowest BCUT2D eigenvalue weighted by Gasteiger charge is -2.34. The molecule has 20 heavy (non-hydrogen) atoms. The Bertz CT molecular complexity index is 435. The van der Waals surface area contributed by atoms with Gasteiger partial charge in [-0.2, -0.15) is 0 Å². The van der Waals surface area contributed by atoms with Gasteiger partial charge in [0.15, 0.2) is 0 Å². The standard InChI is InChI=1S/C17H25BrFN/c1-3-12-5-4-6-14(9-12)17(20-2)10-13-7-8-15(18)11-16(13)19/h7-8,11-12,14,17,20H,3-6,9-10H2,1-2H3. The van der Waals surface area contributed by atoms with Crippen LogP contribution in [-0.4, -0.2) is 13.1 Å². The quantitative estimate of drug-likeness (QED) is 0.800. The smallest absolute Gasteiger partial charge is 0.127 e. The fourth-order valence-electron chi connectivity index (χ4n) is 3.50. The molecule has 1 aromatic rings. The summed E-state index contributed by atoms with van der Waals surface area (Å²) >= 11 is 3.32. The van der Waals surface area contributed by atoms with Gasteiger partial charge in [0.1, 0.15) is 5.82 Å². The molecule has 3 heteroatoms. The summed E-state index contributed by atoms with van der Waals surface area (Å²) in [6.45, 7) is 2.29. The zero-order valence-electron chi connectivity index (χ0n) is 12.5. The molecule has 2 rings (SSSR count). The van der Waals surface area contributed by atoms with Gasteiger partial charge >= 0.3 is 0 Å². The molecule has 1 nitrogen and oxygen atoms in total. The molecule has 0 bridgehead atoms. The molecule has 0 saturated heterocycles. The monoisotopic (exact) mass is 341 g/mol. The third-order valence-corrected chi connectivity index (χ3v) is 5.29. The van der Waals surface area contributed by atoms with Gasteiger partial charge in [-0.3, -0.25) is 0 Å². The van der Waals surface area contributed by atoms with Crippen LogP contribution < -0.4 is 5.32 Å². The van der Waals surface area contributed by atoms with Crippen LogP contribution in [0.5, 0.6) is 0 Å². The van der Waals surface area contributed by atoms with Crippen LogP contribution in [0.4, 0.5) is 4.39 Å². The predicted molar refractivity (Wildman–Crippen MR) is 86.4 cm³/mol. The third kappa shape index (κ3) is 4.05. The highest BCUT2D eigenvalue weighted by Crippen LogP contribution is 2.34. The zero-order chi connectivity index (χ0) is 14.5. The molecule has 1 aromatic carbocycles. The first-order valence-electron chi connectivity index (χ1n) is 7.75. The number of halogens is 2. The van der Waals surface area contributed by atoms with Gasteiger partial charge in [0.2, 0.25) is 0 Å². The minimum Gasteiger partial charge on any atom is -0.316 e. The van der Waals surface area contributed by atoms with Gasteiger partial charge < -0.3 is 5.32 Å². The Hall–Kier alpha value is -0.410. The van der Waals surface area contributed by atoms with E-state index in [1.807, 2.05) is 19.2 Å². The van der Waals surface area contributed by atoms with Crippen LogP contribution >= 0.6 is 15.9 Å². The largest absolute Gasteiger partial charge is 0.316 e. The van der Waals surface area contributed by atoms with E-state index in [9.17, 15) is 4.39 Å². The lowest BCUT2D eigenvalue weighted by atomic mass is 9.75. The summed E-state index contributed by atoms with van der Waals surface area (Å²) in [6, 6.07) is 5.79. The highest BCUT2D eigenvalue weighted by atomic mass is 79.9. The second kappa shape index (κ2) is 7.56. The molecular weight excluding hydrogens is 317 g/mol. The summed E-state index contributed by atoms with van der Waals surface area (Å²) in [6.07, 6.45) is 7.33. The zero-order valence-corrected chi connectivity index (χ0v) is 14.0. The first-order valence-corrected chi connectivity index (χ1v) is 8.54. The molecule has 0 spiro atoms. The average molecular weight is 342 g/mol. The molecule has 3 unspecified atom stereocenters. The Morgan fingerprint density at radius 3 is 2.85 bits per heavy atom. The molecule has 1 aliphatic carbocycles. The SMILES string of the molecule is CCC1CCCC(C(Cc2ccc(Br)cc2F)NC)C1. The molecule has 1 aliphatic rings. The van der Waals surface area contributed by atoms with Crippen molar-refractivity contribution in [2.45, 2.75) is 51.5 Å². The van der Waals surface area contributed by atoms with Crippen molar-refractivity contribution in [3.63, 3.8) is 0 Å². The van der Waals surface area contributed by atoms with Crippen LogP contribution in [0.25, 0.3) is 0 Å². The van der Waals surface area contributed by atoms with E-state index in [-0.39, 0.29) is 5.82 Å². The van der Waals surface area contributed by atoms with Gasteiger partial charge in [-0.15, -0.1) is 0 Å². The Morgan fingerprint density at radius 1 is 1.40 bits per heavy atom. The van der Waals surface area contributed by atoms with Gasteiger partial charge in [-0.1, -0.05) is 48.2 Å². The molecule has 0 radical (unpaired) electrons. The molecule has 1 fully saturated rings. The summed E-state index contributed by atoms with van der Waals surface area (Å²) in [5.41, 5.74) is 0.825. The summed E-state index contributed by atoms with van der Waals surface area (Å²) in [5, 5.41) is 3.43. The minimum atomic E-state index is -0.0949. The van der Waals surface area contributed by atoms with E-state index in [4.69, 9.17) is 0 Å². The predicted octanol–water partition coefficient (Wildman–Crippen LogP) is 4.94. The first-order chi connectivity index (χ1) is 9.63. The molecule has 0 heterocycles. The van der Waals surface area contributed by atoms with Crippen LogP contribution in [0.3, 0.4) is 0 Å². The minimum absolute atomic E-state index is 0.0949. The fraction of sp³-hybridized carbons (Fsp3) is 0.647. The number of rotatable bonds is 5. The van der Waals surface area contributed by atoms with Crippen molar-refractivity contribution in [1.82, 2.24) is 5.32 Å². The van der Waals surface area contributed by atoms with Gasteiger partial charge in [0.05, 0.1) is 0 Å². The van der Waals surface area contributed by atoms with Crippen LogP contribution in [0.15, 0.2) is 22.7 Å². The van der Waals surface area contributed by atoms with Crippen molar-refractivity contribution in [3.8, 4) is 0 Å². The summed E-state index contributed by atoms with van der Waals surface area (Å²) in [5.74, 6) is 1.45. The van der Waals surface area contributed by atoms with Crippen LogP contribution in [0.1, 0.15) is 44.6 Å². The highest BCUT2D eigenvalue weighted by Gasteiger charge is 2.27. The molecule has 3 atom stereocenters. The van der Waals surface area contributed by atoms with Gasteiger partial charge in [-0.05, 0) is 55.8 Å². The number of likely N-dealkylation sites (N-methyl/N-ethyl adjacent to an activating group) is 1. The van der Waals surface area contributed by atoms with Crippen molar-refractivity contribution in [3.05, 3.63) is 34.1 Å². The Kier molecular flexibility index (Phi) is 6.03. The molecule has 112 valence electrons. The normalized spacial score (nSPS) is 24.6. The number of benzene rings is 1. The van der Waals surface area contributed by atoms with Crippen LogP contribution in [-0.2, 0) is 6.42 Å². The Balaban J connectivity index is 2.04. The number of hydrogen-bond donors (Lipinski definition) is 1. The average Bonchev–Trinajstić information content (AvgIpc) is 2.46. The van der Waals surface area contributed by atoms with Crippen molar-refractivity contribution in [2.24, 2.45) is 11.8 Å². The van der Waals surface area contributed by atoms with E-state index in [1.54, 1.807) is 6.07 Å². The van der Waals surface area contributed by atoms with E-state index in [1.165, 1.54) is 32.1 Å². The van der Waals surface area contributed by atoms with Gasteiger partial charge in [-0.25, -0.2) is 4.39 Å². The second-order valence-electron chi connectivity index (χ2n) is 6.04. The number of hydrogen-bond acceptors (Lipinski definition) is 1. The number of nitrogens with one attached hydrogen (secondary N) is 1. The first kappa shape index (κ1) is 16.0. The van der Waals surface area contributed by atoms with E-state index >= 15 is 0 Å². The second-order valence-corrected chi connectivity index (χ2v) is 6.95. The van der Waals surface area contributed by atoms with Crippen molar-refractivity contribution >= 4 is 15.9 Å². The molecule has 0 aromatic heterocycles. The summed E-state index contributed by atoms with van der Waals surface area (Å²) in [4.78, 5) is 0. The van der Waals surface area contributed by atoms with E-state index in [0.717, 1.165) is 22.4 Å². The topological polar surface area (TPSA) is 12.0 Å². The summed E-state index contributed by atoms with van der Waals surface area (Å²) < 4.78 is 14.8. The van der Waals surface area contributed by atoms with Crippen molar-refractivity contribution in [1.29, 1.82) is 0 Å². The van der Waals surface area contributed by atoms with E-state index in [2.05, 4.69) is 28.2 Å². The maximum Gasteiger partial charge on any atom is 0.127 e. The molecule has 0 aliphatic heterocycles. The Morgan fingerprint density at radius 2 is 2.20 bits per heavy atom. The third-order valence-electron chi connectivity index (χ3n) is 4.80. The maximum atomic E-state index is 14.0. The molecule has 1 N–H and O–H groups in total. The van der Waals surface area contributed by atoms with Crippen LogP contribution in [0.2, 0.25) is 0 Å². The molecule has 1 saturated carbocycles. The Labute approximate surface area is 130 Å². The molecular formula is C17H25BrFN. The van der Waals surface area contributed by atoms with E-state index in [0.29, 0.717) is 12.0 Å². The van der Waals surface area contributed by atoms with E-state index < -0.39 is 0 Å². The fourth-order valence-corrected chi connectivity index (χ4v) is 3.83. The van der Waals surface area contributed by atoms with Gasteiger partial charge in [0, 0.05) is 10.5 Å². The van der Waals surface area contributed by atoms with Crippen LogP contribution in [0, 0.1) is 17.7 Å². The summed E-state index contributed by atoms with van der Waals surface area (Å²) in [7, 11) is 2.01. The maximum absolute atomic E-state index is 14.0. The van der Waals surface area contributed by atoms with Crippen molar-refractivity contribution < 1.29 is 4.39 Å². The molecule has 0 amide bonds. The van der Waals surface area contributed by atoms with Crippen molar-refractivity contribution in [2.75, 3.05) is 7.05 Å². The lowest BCUT2D eigenvalue weighted by molar-refractivity contribution is 0.212. The van der Waals surface area contributed by atoms with Gasteiger partial charge in [0.25, 0.3) is 0 Å².